The largest absolute Gasteiger partial charge is 0.298 e. The van der Waals surface area contributed by atoms with Crippen molar-refractivity contribution in [1.29, 1.82) is 0 Å². The monoisotopic (exact) mass is 519 g/mol. The predicted octanol–water partition coefficient (Wildman–Crippen LogP) is 6.54. The van der Waals surface area contributed by atoms with E-state index < -0.39 is 10.0 Å². The Kier molecular flexibility index (Phi) is 8.30. The van der Waals surface area contributed by atoms with E-state index in [2.05, 4.69) is 34.6 Å². The van der Waals surface area contributed by atoms with Gasteiger partial charge in [-0.25, -0.2) is 13.4 Å². The van der Waals surface area contributed by atoms with E-state index in [4.69, 9.17) is 0 Å². The lowest BCUT2D eigenvalue weighted by molar-refractivity contribution is 0.102. The van der Waals surface area contributed by atoms with Crippen molar-refractivity contribution in [2.24, 2.45) is 0 Å². The van der Waals surface area contributed by atoms with Gasteiger partial charge in [0.2, 0.25) is 10.0 Å². The van der Waals surface area contributed by atoms with E-state index in [0.29, 0.717) is 23.8 Å². The van der Waals surface area contributed by atoms with Crippen molar-refractivity contribution in [2.75, 3.05) is 18.4 Å². The Balaban J connectivity index is 1.43. The molecule has 0 aliphatic heterocycles. The van der Waals surface area contributed by atoms with E-state index in [-0.39, 0.29) is 10.8 Å². The van der Waals surface area contributed by atoms with E-state index >= 15 is 0 Å². The summed E-state index contributed by atoms with van der Waals surface area (Å²) in [6.45, 7) is 4.85. The van der Waals surface area contributed by atoms with Crippen LogP contribution in [0.3, 0.4) is 0 Å². The smallest absolute Gasteiger partial charge is 0.257 e. The Morgan fingerprint density at radius 2 is 1.42 bits per heavy atom. The first kappa shape index (κ1) is 25.8. The molecule has 1 aromatic heterocycles. The van der Waals surface area contributed by atoms with Gasteiger partial charge in [0.15, 0.2) is 5.13 Å². The number of carbonyl (C=O) groups is 1. The summed E-state index contributed by atoms with van der Waals surface area (Å²) in [5.41, 5.74) is 4.39. The number of thiazole rings is 1. The Morgan fingerprint density at radius 1 is 0.833 bits per heavy atom. The number of nitrogens with zero attached hydrogens (tertiary/aromatic N) is 2. The van der Waals surface area contributed by atoms with Crippen LogP contribution in [0.5, 0.6) is 0 Å². The third-order valence-electron chi connectivity index (χ3n) is 5.71. The minimum absolute atomic E-state index is 0.191. The number of amides is 1. The van der Waals surface area contributed by atoms with Gasteiger partial charge in [0, 0.05) is 29.6 Å². The first-order valence-electron chi connectivity index (χ1n) is 11.9. The molecule has 0 fully saturated rings. The average molecular weight is 520 g/mol. The molecule has 0 radical (unpaired) electrons. The molecule has 0 aliphatic carbocycles. The van der Waals surface area contributed by atoms with Gasteiger partial charge in [0.05, 0.1) is 10.6 Å². The first-order chi connectivity index (χ1) is 17.4. The number of aromatic nitrogens is 1. The van der Waals surface area contributed by atoms with Gasteiger partial charge in [-0.05, 0) is 48.2 Å². The third kappa shape index (κ3) is 5.90. The summed E-state index contributed by atoms with van der Waals surface area (Å²) in [6, 6.07) is 24.4. The van der Waals surface area contributed by atoms with Crippen molar-refractivity contribution in [3.8, 4) is 22.4 Å². The van der Waals surface area contributed by atoms with Gasteiger partial charge in [0.1, 0.15) is 0 Å². The van der Waals surface area contributed by atoms with E-state index in [9.17, 15) is 13.2 Å². The molecule has 0 spiro atoms. The lowest BCUT2D eigenvalue weighted by atomic mass is 10.0. The van der Waals surface area contributed by atoms with E-state index in [1.807, 2.05) is 49.6 Å². The second kappa shape index (κ2) is 11.6. The van der Waals surface area contributed by atoms with Gasteiger partial charge < -0.3 is 0 Å². The molecule has 1 amide bonds. The summed E-state index contributed by atoms with van der Waals surface area (Å²) in [5.74, 6) is -0.335. The minimum atomic E-state index is -3.58. The summed E-state index contributed by atoms with van der Waals surface area (Å²) in [7, 11) is -3.58. The molecule has 0 aliphatic rings. The Hall–Kier alpha value is -3.33. The second-order valence-corrected chi connectivity index (χ2v) is 11.2. The minimum Gasteiger partial charge on any atom is -0.298 e. The quantitative estimate of drug-likeness (QED) is 0.258. The highest BCUT2D eigenvalue weighted by atomic mass is 32.2. The highest BCUT2D eigenvalue weighted by molar-refractivity contribution is 7.89. The van der Waals surface area contributed by atoms with Crippen LogP contribution in [0, 0.1) is 0 Å². The zero-order valence-electron chi connectivity index (χ0n) is 20.3. The molecule has 0 atom stereocenters. The maximum atomic E-state index is 12.9. The van der Waals surface area contributed by atoms with E-state index in [0.717, 1.165) is 35.2 Å². The highest BCUT2D eigenvalue weighted by Crippen LogP contribution is 2.28. The number of benzene rings is 3. The molecular weight excluding hydrogens is 490 g/mol. The van der Waals surface area contributed by atoms with Crippen LogP contribution in [-0.4, -0.2) is 36.7 Å². The average Bonchev–Trinajstić information content (AvgIpc) is 3.37. The molecule has 36 heavy (non-hydrogen) atoms. The van der Waals surface area contributed by atoms with Gasteiger partial charge >= 0.3 is 0 Å². The second-order valence-electron chi connectivity index (χ2n) is 8.36. The molecule has 3 aromatic carbocycles. The number of nitrogens with one attached hydrogen (secondary N) is 1. The summed E-state index contributed by atoms with van der Waals surface area (Å²) in [6.07, 6.45) is 1.49. The van der Waals surface area contributed by atoms with Gasteiger partial charge in [-0.2, -0.15) is 4.31 Å². The SMILES string of the molecule is CCCN(CCC)S(=O)(=O)c1ccc(C(=O)Nc2nc(-c3ccc(-c4ccccc4)cc3)cs2)cc1. The molecule has 1 N–H and O–H groups in total. The maximum Gasteiger partial charge on any atom is 0.257 e. The lowest BCUT2D eigenvalue weighted by Gasteiger charge is -2.21. The van der Waals surface area contributed by atoms with Crippen LogP contribution in [-0.2, 0) is 10.0 Å². The van der Waals surface area contributed by atoms with Gasteiger partial charge in [0.25, 0.3) is 5.91 Å². The first-order valence-corrected chi connectivity index (χ1v) is 14.3. The van der Waals surface area contributed by atoms with Crippen LogP contribution in [0.15, 0.2) is 89.1 Å². The van der Waals surface area contributed by atoms with Crippen molar-refractivity contribution in [2.45, 2.75) is 31.6 Å². The van der Waals surface area contributed by atoms with Crippen LogP contribution in [0.2, 0.25) is 0 Å². The molecule has 4 rings (SSSR count). The Bertz CT molecular complexity index is 1390. The van der Waals surface area contributed by atoms with Crippen molar-refractivity contribution in [3.05, 3.63) is 89.8 Å². The standard InChI is InChI=1S/C28H29N3O3S2/c1-3-18-31(19-4-2)36(33,34)25-16-14-24(15-17-25)27(32)30-28-29-26(20-35-28)23-12-10-22(11-13-23)21-8-6-5-7-9-21/h5-17,20H,3-4,18-19H2,1-2H3,(H,29,30,32). The van der Waals surface area contributed by atoms with Crippen molar-refractivity contribution >= 4 is 32.4 Å². The van der Waals surface area contributed by atoms with Crippen molar-refractivity contribution < 1.29 is 13.2 Å². The van der Waals surface area contributed by atoms with Crippen molar-refractivity contribution in [1.82, 2.24) is 9.29 Å². The normalized spacial score (nSPS) is 11.5. The molecule has 1 heterocycles. The molecule has 0 bridgehead atoms. The van der Waals surface area contributed by atoms with E-state index in [1.54, 1.807) is 0 Å². The van der Waals surface area contributed by atoms with E-state index in [1.165, 1.54) is 39.9 Å². The number of sulfonamides is 1. The molecule has 8 heteroatoms. The summed E-state index contributed by atoms with van der Waals surface area (Å²) < 4.78 is 27.4. The molecule has 4 aromatic rings. The summed E-state index contributed by atoms with van der Waals surface area (Å²) in [4.78, 5) is 17.5. The number of rotatable bonds is 10. The fourth-order valence-corrected chi connectivity index (χ4v) is 6.21. The van der Waals surface area contributed by atoms with Crippen LogP contribution in [0.1, 0.15) is 37.0 Å². The maximum absolute atomic E-state index is 12.9. The number of anilines is 1. The predicted molar refractivity (Wildman–Crippen MR) is 147 cm³/mol. The van der Waals surface area contributed by atoms with Crippen LogP contribution >= 0.6 is 11.3 Å². The molecule has 6 nitrogen and oxygen atoms in total. The summed E-state index contributed by atoms with van der Waals surface area (Å²) in [5, 5.41) is 5.20. The number of carbonyl (C=O) groups excluding carboxylic acids is 1. The fourth-order valence-electron chi connectivity index (χ4n) is 3.88. The topological polar surface area (TPSA) is 79.4 Å². The Labute approximate surface area is 216 Å². The lowest BCUT2D eigenvalue weighted by Crippen LogP contribution is -2.32. The number of hydrogen-bond donors (Lipinski definition) is 1. The molecule has 0 saturated heterocycles. The number of hydrogen-bond acceptors (Lipinski definition) is 5. The molecule has 0 unspecified atom stereocenters. The van der Waals surface area contributed by atoms with Gasteiger partial charge in [-0.15, -0.1) is 11.3 Å². The van der Waals surface area contributed by atoms with Crippen LogP contribution in [0.4, 0.5) is 5.13 Å². The zero-order valence-corrected chi connectivity index (χ0v) is 22.0. The summed E-state index contributed by atoms with van der Waals surface area (Å²) >= 11 is 1.34. The fraction of sp³-hybridized carbons (Fsp3) is 0.214. The van der Waals surface area contributed by atoms with Crippen LogP contribution < -0.4 is 5.32 Å². The zero-order chi connectivity index (χ0) is 25.5. The van der Waals surface area contributed by atoms with Crippen molar-refractivity contribution in [3.63, 3.8) is 0 Å². The van der Waals surface area contributed by atoms with Gasteiger partial charge in [-0.1, -0.05) is 68.4 Å². The molecule has 186 valence electrons. The van der Waals surface area contributed by atoms with Gasteiger partial charge in [-0.3, -0.25) is 10.1 Å². The third-order valence-corrected chi connectivity index (χ3v) is 8.38. The molecular formula is C28H29N3O3S2. The highest BCUT2D eigenvalue weighted by Gasteiger charge is 2.23. The van der Waals surface area contributed by atoms with Crippen LogP contribution in [0.25, 0.3) is 22.4 Å². The molecule has 0 saturated carbocycles. The Morgan fingerprint density at radius 3 is 2.03 bits per heavy atom.